The van der Waals surface area contributed by atoms with Crippen LogP contribution in [0.4, 0.5) is 5.69 Å². The van der Waals surface area contributed by atoms with Gasteiger partial charge in [-0.15, -0.1) is 0 Å². The second-order valence-corrected chi connectivity index (χ2v) is 6.83. The SMILES string of the molecule is COc1ccc(CN(C)C(C)C(=O)Nc2ccc3ccccc3c2)cc1OC. The molecule has 0 saturated heterocycles. The van der Waals surface area contributed by atoms with Gasteiger partial charge in [-0.2, -0.15) is 0 Å². The number of methoxy groups -OCH3 is 2. The van der Waals surface area contributed by atoms with E-state index in [9.17, 15) is 4.79 Å². The first-order valence-corrected chi connectivity index (χ1v) is 9.22. The third-order valence-electron chi connectivity index (χ3n) is 4.94. The number of carbonyl (C=O) groups is 1. The van der Waals surface area contributed by atoms with Gasteiger partial charge in [0.1, 0.15) is 0 Å². The molecular formula is C23H26N2O3. The summed E-state index contributed by atoms with van der Waals surface area (Å²) in [5, 5.41) is 5.27. The molecule has 1 atom stereocenters. The van der Waals surface area contributed by atoms with Crippen molar-refractivity contribution in [3.8, 4) is 11.5 Å². The highest BCUT2D eigenvalue weighted by atomic mass is 16.5. The second-order valence-electron chi connectivity index (χ2n) is 6.83. The predicted molar refractivity (Wildman–Crippen MR) is 113 cm³/mol. The Balaban J connectivity index is 1.66. The monoisotopic (exact) mass is 378 g/mol. The van der Waals surface area contributed by atoms with Crippen molar-refractivity contribution in [1.82, 2.24) is 4.90 Å². The van der Waals surface area contributed by atoms with Gasteiger partial charge >= 0.3 is 0 Å². The van der Waals surface area contributed by atoms with Crippen molar-refractivity contribution in [2.75, 3.05) is 26.6 Å². The van der Waals surface area contributed by atoms with E-state index >= 15 is 0 Å². The van der Waals surface area contributed by atoms with Gasteiger partial charge in [-0.05, 0) is 54.6 Å². The minimum Gasteiger partial charge on any atom is -0.493 e. The summed E-state index contributed by atoms with van der Waals surface area (Å²) in [5.41, 5.74) is 1.85. The molecule has 0 radical (unpaired) electrons. The number of ether oxygens (including phenoxy) is 2. The first-order valence-electron chi connectivity index (χ1n) is 9.22. The zero-order valence-corrected chi connectivity index (χ0v) is 16.7. The number of nitrogens with one attached hydrogen (secondary N) is 1. The maximum atomic E-state index is 12.7. The standard InChI is InChI=1S/C23H26N2O3/c1-16(25(2)15-17-9-12-21(27-3)22(13-17)28-4)23(26)24-20-11-10-18-7-5-6-8-19(18)14-20/h5-14,16H,15H2,1-4H3,(H,24,26). The van der Waals surface area contributed by atoms with Crippen LogP contribution in [0.5, 0.6) is 11.5 Å². The highest BCUT2D eigenvalue weighted by Gasteiger charge is 2.19. The van der Waals surface area contributed by atoms with Crippen LogP contribution in [-0.2, 0) is 11.3 Å². The Morgan fingerprint density at radius 2 is 1.68 bits per heavy atom. The summed E-state index contributed by atoms with van der Waals surface area (Å²) in [7, 11) is 5.16. The maximum Gasteiger partial charge on any atom is 0.241 e. The molecule has 5 heteroatoms. The number of amides is 1. The first kappa shape index (κ1) is 19.7. The number of fused-ring (bicyclic) bond motifs is 1. The van der Waals surface area contributed by atoms with Gasteiger partial charge in [-0.25, -0.2) is 0 Å². The van der Waals surface area contributed by atoms with E-state index in [4.69, 9.17) is 9.47 Å². The van der Waals surface area contributed by atoms with Crippen molar-refractivity contribution in [2.45, 2.75) is 19.5 Å². The molecule has 1 N–H and O–H groups in total. The number of hydrogen-bond donors (Lipinski definition) is 1. The van der Waals surface area contributed by atoms with Crippen molar-refractivity contribution in [3.05, 3.63) is 66.2 Å². The quantitative estimate of drug-likeness (QED) is 0.665. The van der Waals surface area contributed by atoms with E-state index in [1.807, 2.05) is 73.5 Å². The predicted octanol–water partition coefficient (Wildman–Crippen LogP) is 4.32. The van der Waals surface area contributed by atoms with Crippen LogP contribution in [0.25, 0.3) is 10.8 Å². The fraction of sp³-hybridized carbons (Fsp3) is 0.261. The number of likely N-dealkylation sites (N-methyl/N-ethyl adjacent to an activating group) is 1. The summed E-state index contributed by atoms with van der Waals surface area (Å²) in [6.45, 7) is 2.52. The molecule has 1 amide bonds. The smallest absolute Gasteiger partial charge is 0.241 e. The molecule has 0 aliphatic rings. The molecule has 0 saturated carbocycles. The van der Waals surface area contributed by atoms with Gasteiger partial charge in [0.15, 0.2) is 11.5 Å². The highest BCUT2D eigenvalue weighted by molar-refractivity contribution is 5.97. The van der Waals surface area contributed by atoms with Crippen LogP contribution in [0, 0.1) is 0 Å². The van der Waals surface area contributed by atoms with E-state index in [1.54, 1.807) is 14.2 Å². The molecule has 3 aromatic carbocycles. The number of carbonyl (C=O) groups excluding carboxylic acids is 1. The molecule has 0 heterocycles. The highest BCUT2D eigenvalue weighted by Crippen LogP contribution is 2.28. The van der Waals surface area contributed by atoms with Crippen LogP contribution < -0.4 is 14.8 Å². The summed E-state index contributed by atoms with van der Waals surface area (Å²) in [6.07, 6.45) is 0. The molecule has 0 spiro atoms. The lowest BCUT2D eigenvalue weighted by Gasteiger charge is -2.24. The van der Waals surface area contributed by atoms with Crippen LogP contribution in [0.15, 0.2) is 60.7 Å². The molecule has 0 aromatic heterocycles. The van der Waals surface area contributed by atoms with E-state index in [1.165, 1.54) is 0 Å². The molecule has 28 heavy (non-hydrogen) atoms. The van der Waals surface area contributed by atoms with E-state index in [-0.39, 0.29) is 11.9 Å². The van der Waals surface area contributed by atoms with E-state index in [0.717, 1.165) is 22.0 Å². The lowest BCUT2D eigenvalue weighted by molar-refractivity contribution is -0.120. The number of benzene rings is 3. The molecule has 0 fully saturated rings. The lowest BCUT2D eigenvalue weighted by atomic mass is 10.1. The van der Waals surface area contributed by atoms with Gasteiger partial charge in [0.05, 0.1) is 20.3 Å². The normalized spacial score (nSPS) is 12.0. The van der Waals surface area contributed by atoms with E-state index < -0.39 is 0 Å². The molecular weight excluding hydrogens is 352 g/mol. The van der Waals surface area contributed by atoms with Gasteiger partial charge < -0.3 is 14.8 Å². The van der Waals surface area contributed by atoms with Crippen molar-refractivity contribution in [3.63, 3.8) is 0 Å². The van der Waals surface area contributed by atoms with E-state index in [0.29, 0.717) is 18.0 Å². The summed E-state index contributed by atoms with van der Waals surface area (Å²) in [6, 6.07) is 19.5. The first-order chi connectivity index (χ1) is 13.5. The Bertz CT molecular complexity index is 971. The summed E-state index contributed by atoms with van der Waals surface area (Å²) < 4.78 is 10.6. The van der Waals surface area contributed by atoms with Crippen molar-refractivity contribution < 1.29 is 14.3 Å². The number of hydrogen-bond acceptors (Lipinski definition) is 4. The third-order valence-corrected chi connectivity index (χ3v) is 4.94. The van der Waals surface area contributed by atoms with Gasteiger partial charge in [0.2, 0.25) is 5.91 Å². The average Bonchev–Trinajstić information content (AvgIpc) is 2.72. The number of anilines is 1. The number of rotatable bonds is 7. The molecule has 0 aliphatic carbocycles. The molecule has 1 unspecified atom stereocenters. The largest absolute Gasteiger partial charge is 0.493 e. The topological polar surface area (TPSA) is 50.8 Å². The van der Waals surface area contributed by atoms with Crippen LogP contribution >= 0.6 is 0 Å². The zero-order chi connectivity index (χ0) is 20.1. The zero-order valence-electron chi connectivity index (χ0n) is 16.7. The van der Waals surface area contributed by atoms with Crippen LogP contribution in [-0.4, -0.2) is 38.1 Å². The molecule has 146 valence electrons. The van der Waals surface area contributed by atoms with Gasteiger partial charge in [-0.1, -0.05) is 36.4 Å². The van der Waals surface area contributed by atoms with E-state index in [2.05, 4.69) is 11.4 Å². The van der Waals surface area contributed by atoms with Crippen LogP contribution in [0.2, 0.25) is 0 Å². The maximum absolute atomic E-state index is 12.7. The molecule has 0 aliphatic heterocycles. The molecule has 3 aromatic rings. The Morgan fingerprint density at radius 1 is 0.964 bits per heavy atom. The van der Waals surface area contributed by atoms with Crippen LogP contribution in [0.3, 0.4) is 0 Å². The van der Waals surface area contributed by atoms with Gasteiger partial charge in [0.25, 0.3) is 0 Å². The molecule has 0 bridgehead atoms. The Labute approximate surface area is 165 Å². The molecule has 5 nitrogen and oxygen atoms in total. The van der Waals surface area contributed by atoms with Crippen molar-refractivity contribution in [1.29, 1.82) is 0 Å². The molecule has 3 rings (SSSR count). The van der Waals surface area contributed by atoms with Gasteiger partial charge in [0, 0.05) is 12.2 Å². The Hall–Kier alpha value is -3.05. The number of nitrogens with zero attached hydrogens (tertiary/aromatic N) is 1. The van der Waals surface area contributed by atoms with Crippen molar-refractivity contribution >= 4 is 22.4 Å². The summed E-state index contributed by atoms with van der Waals surface area (Å²) in [4.78, 5) is 14.7. The van der Waals surface area contributed by atoms with Crippen LogP contribution in [0.1, 0.15) is 12.5 Å². The van der Waals surface area contributed by atoms with Gasteiger partial charge in [-0.3, -0.25) is 9.69 Å². The minimum absolute atomic E-state index is 0.0433. The summed E-state index contributed by atoms with van der Waals surface area (Å²) >= 11 is 0. The summed E-state index contributed by atoms with van der Waals surface area (Å²) in [5.74, 6) is 1.33. The average molecular weight is 378 g/mol. The Kier molecular flexibility index (Phi) is 6.16. The Morgan fingerprint density at radius 3 is 2.39 bits per heavy atom. The minimum atomic E-state index is -0.292. The van der Waals surface area contributed by atoms with Crippen molar-refractivity contribution in [2.24, 2.45) is 0 Å². The fourth-order valence-electron chi connectivity index (χ4n) is 3.12. The lowest BCUT2D eigenvalue weighted by Crippen LogP contribution is -2.39. The third kappa shape index (κ3) is 4.43. The fourth-order valence-corrected chi connectivity index (χ4v) is 3.12. The second kappa shape index (κ2) is 8.76.